The first-order valence-corrected chi connectivity index (χ1v) is 7.25. The molecule has 0 saturated carbocycles. The molecule has 0 unspecified atom stereocenters. The average molecular weight is 295 g/mol. The lowest BCUT2D eigenvalue weighted by atomic mass is 9.89. The van der Waals surface area contributed by atoms with E-state index in [9.17, 15) is 9.18 Å². The van der Waals surface area contributed by atoms with Gasteiger partial charge in [0, 0.05) is 25.1 Å². The average Bonchev–Trinajstić information content (AvgIpc) is 2.89. The van der Waals surface area contributed by atoms with Crippen molar-refractivity contribution < 1.29 is 19.0 Å². The molecule has 0 radical (unpaired) electrons. The monoisotopic (exact) mass is 295 g/mol. The van der Waals surface area contributed by atoms with E-state index >= 15 is 0 Å². The molecule has 1 aliphatic rings. The molecule has 0 bridgehead atoms. The summed E-state index contributed by atoms with van der Waals surface area (Å²) in [5.41, 5.74) is 0.602. The van der Waals surface area contributed by atoms with E-state index in [0.29, 0.717) is 13.0 Å². The van der Waals surface area contributed by atoms with E-state index in [1.807, 2.05) is 13.8 Å². The van der Waals surface area contributed by atoms with Gasteiger partial charge in [-0.15, -0.1) is 0 Å². The Balaban J connectivity index is 1.78. The highest BCUT2D eigenvalue weighted by molar-refractivity contribution is 5.82. The standard InChI is InChI=1S/C16H22FNO3/c1-16(2,10-19)7-4-8-18-15(20)13-9-11-5-3-6-12(17)14(11)21-13/h3,5-6,13,19H,4,7-10H2,1-2H3,(H,18,20)/t13-/m1/s1. The van der Waals surface area contributed by atoms with Gasteiger partial charge < -0.3 is 15.2 Å². The minimum Gasteiger partial charge on any atom is -0.477 e. The third-order valence-corrected chi connectivity index (χ3v) is 3.76. The summed E-state index contributed by atoms with van der Waals surface area (Å²) in [5.74, 6) is -0.445. The van der Waals surface area contributed by atoms with Crippen LogP contribution in [-0.2, 0) is 11.2 Å². The van der Waals surface area contributed by atoms with Gasteiger partial charge in [0.2, 0.25) is 0 Å². The quantitative estimate of drug-likeness (QED) is 0.790. The molecule has 1 aromatic rings. The van der Waals surface area contributed by atoms with Gasteiger partial charge in [-0.05, 0) is 24.3 Å². The molecule has 1 aromatic carbocycles. The molecule has 0 spiro atoms. The summed E-state index contributed by atoms with van der Waals surface area (Å²) in [4.78, 5) is 12.0. The van der Waals surface area contributed by atoms with Crippen LogP contribution in [0.4, 0.5) is 4.39 Å². The van der Waals surface area contributed by atoms with Crippen molar-refractivity contribution in [2.75, 3.05) is 13.2 Å². The number of carbonyl (C=O) groups excluding carboxylic acids is 1. The molecule has 1 amide bonds. The zero-order chi connectivity index (χ0) is 15.5. The van der Waals surface area contributed by atoms with Crippen LogP contribution in [0.5, 0.6) is 5.75 Å². The molecule has 0 aliphatic carbocycles. The van der Waals surface area contributed by atoms with E-state index in [4.69, 9.17) is 9.84 Å². The van der Waals surface area contributed by atoms with Gasteiger partial charge in [0.05, 0.1) is 0 Å². The number of benzene rings is 1. The first-order valence-electron chi connectivity index (χ1n) is 7.25. The van der Waals surface area contributed by atoms with E-state index in [1.54, 1.807) is 12.1 Å². The molecule has 5 heteroatoms. The van der Waals surface area contributed by atoms with Gasteiger partial charge in [-0.3, -0.25) is 4.79 Å². The molecule has 1 atom stereocenters. The number of halogens is 1. The molecule has 1 heterocycles. The molecular weight excluding hydrogens is 273 g/mol. The zero-order valence-corrected chi connectivity index (χ0v) is 12.5. The Bertz CT molecular complexity index is 516. The third-order valence-electron chi connectivity index (χ3n) is 3.76. The summed E-state index contributed by atoms with van der Waals surface area (Å²) in [5, 5.41) is 12.0. The van der Waals surface area contributed by atoms with Crippen LogP contribution in [0, 0.1) is 11.2 Å². The maximum atomic E-state index is 13.5. The van der Waals surface area contributed by atoms with Gasteiger partial charge in [-0.25, -0.2) is 4.39 Å². The topological polar surface area (TPSA) is 58.6 Å². The number of fused-ring (bicyclic) bond motifs is 1. The molecule has 116 valence electrons. The Morgan fingerprint density at radius 2 is 2.29 bits per heavy atom. The summed E-state index contributed by atoms with van der Waals surface area (Å²) in [7, 11) is 0. The third kappa shape index (κ3) is 3.94. The van der Waals surface area contributed by atoms with Crippen molar-refractivity contribution in [3.05, 3.63) is 29.6 Å². The highest BCUT2D eigenvalue weighted by Crippen LogP contribution is 2.31. The fraction of sp³-hybridized carbons (Fsp3) is 0.562. The summed E-state index contributed by atoms with van der Waals surface area (Å²) in [6.07, 6.45) is 1.36. The summed E-state index contributed by atoms with van der Waals surface area (Å²) >= 11 is 0. The number of aliphatic hydroxyl groups excluding tert-OH is 1. The highest BCUT2D eigenvalue weighted by Gasteiger charge is 2.30. The molecule has 0 aromatic heterocycles. The van der Waals surface area contributed by atoms with Gasteiger partial charge in [-0.1, -0.05) is 26.0 Å². The maximum Gasteiger partial charge on any atom is 0.261 e. The lowest BCUT2D eigenvalue weighted by Gasteiger charge is -2.21. The number of rotatable bonds is 6. The number of nitrogens with one attached hydrogen (secondary N) is 1. The largest absolute Gasteiger partial charge is 0.477 e. The Kier molecular flexibility index (Phi) is 4.83. The molecule has 21 heavy (non-hydrogen) atoms. The Morgan fingerprint density at radius 3 is 2.95 bits per heavy atom. The van der Waals surface area contributed by atoms with Crippen molar-refractivity contribution in [1.82, 2.24) is 5.32 Å². The number of ether oxygens (including phenoxy) is 1. The van der Waals surface area contributed by atoms with Gasteiger partial charge in [0.15, 0.2) is 17.7 Å². The van der Waals surface area contributed by atoms with Crippen LogP contribution in [0.1, 0.15) is 32.3 Å². The predicted molar refractivity (Wildman–Crippen MR) is 77.6 cm³/mol. The van der Waals surface area contributed by atoms with Crippen LogP contribution in [0.25, 0.3) is 0 Å². The number of carbonyl (C=O) groups is 1. The van der Waals surface area contributed by atoms with E-state index in [-0.39, 0.29) is 23.7 Å². The Hall–Kier alpha value is -1.62. The van der Waals surface area contributed by atoms with Crippen LogP contribution >= 0.6 is 0 Å². The van der Waals surface area contributed by atoms with E-state index in [2.05, 4.69) is 5.32 Å². The summed E-state index contributed by atoms with van der Waals surface area (Å²) in [6, 6.07) is 4.72. The van der Waals surface area contributed by atoms with Crippen LogP contribution in [0.15, 0.2) is 18.2 Å². The van der Waals surface area contributed by atoms with Crippen LogP contribution in [-0.4, -0.2) is 30.3 Å². The second-order valence-electron chi connectivity index (χ2n) is 6.26. The highest BCUT2D eigenvalue weighted by atomic mass is 19.1. The normalized spacial score (nSPS) is 17.2. The molecule has 0 saturated heterocycles. The van der Waals surface area contributed by atoms with Crippen LogP contribution in [0.3, 0.4) is 0 Å². The lowest BCUT2D eigenvalue weighted by molar-refractivity contribution is -0.127. The smallest absolute Gasteiger partial charge is 0.261 e. The number of hydrogen-bond donors (Lipinski definition) is 2. The van der Waals surface area contributed by atoms with E-state index in [0.717, 1.165) is 18.4 Å². The summed E-state index contributed by atoms with van der Waals surface area (Å²) < 4.78 is 18.9. The Morgan fingerprint density at radius 1 is 1.52 bits per heavy atom. The van der Waals surface area contributed by atoms with Crippen molar-refractivity contribution in [3.8, 4) is 5.75 Å². The SMILES string of the molecule is CC(C)(CO)CCCNC(=O)[C@H]1Cc2cccc(F)c2O1. The van der Waals surface area contributed by atoms with Gasteiger partial charge in [0.25, 0.3) is 5.91 Å². The lowest BCUT2D eigenvalue weighted by Crippen LogP contribution is -2.38. The number of aliphatic hydroxyl groups is 1. The van der Waals surface area contributed by atoms with Gasteiger partial charge in [0.1, 0.15) is 0 Å². The van der Waals surface area contributed by atoms with Crippen LogP contribution in [0.2, 0.25) is 0 Å². The number of amides is 1. The van der Waals surface area contributed by atoms with Crippen molar-refractivity contribution in [1.29, 1.82) is 0 Å². The summed E-state index contributed by atoms with van der Waals surface area (Å²) in [6.45, 7) is 4.62. The molecular formula is C16H22FNO3. The minimum atomic E-state index is -0.650. The van der Waals surface area contributed by atoms with Gasteiger partial charge in [-0.2, -0.15) is 0 Å². The van der Waals surface area contributed by atoms with Crippen molar-refractivity contribution in [2.24, 2.45) is 5.41 Å². The van der Waals surface area contributed by atoms with Crippen molar-refractivity contribution >= 4 is 5.91 Å². The van der Waals surface area contributed by atoms with E-state index in [1.165, 1.54) is 6.07 Å². The Labute approximate surface area is 124 Å². The molecule has 2 N–H and O–H groups in total. The first-order chi connectivity index (χ1) is 9.93. The second-order valence-corrected chi connectivity index (χ2v) is 6.26. The van der Waals surface area contributed by atoms with Gasteiger partial charge >= 0.3 is 0 Å². The zero-order valence-electron chi connectivity index (χ0n) is 12.5. The van der Waals surface area contributed by atoms with Crippen molar-refractivity contribution in [3.63, 3.8) is 0 Å². The fourth-order valence-corrected chi connectivity index (χ4v) is 2.35. The number of hydrogen-bond acceptors (Lipinski definition) is 3. The van der Waals surface area contributed by atoms with E-state index < -0.39 is 11.9 Å². The molecule has 0 fully saturated rings. The fourth-order valence-electron chi connectivity index (χ4n) is 2.35. The maximum absolute atomic E-state index is 13.5. The predicted octanol–water partition coefficient (Wildman–Crippen LogP) is 2.04. The molecule has 1 aliphatic heterocycles. The molecule has 4 nitrogen and oxygen atoms in total. The van der Waals surface area contributed by atoms with Crippen molar-refractivity contribution in [2.45, 2.75) is 39.2 Å². The second kappa shape index (κ2) is 6.43. The first kappa shape index (κ1) is 15.8. The molecule has 2 rings (SSSR count). The minimum absolute atomic E-state index is 0.126. The van der Waals surface area contributed by atoms with Crippen LogP contribution < -0.4 is 10.1 Å². The number of para-hydroxylation sites is 1.